The molecule has 1 fully saturated rings. The van der Waals surface area contributed by atoms with Crippen molar-refractivity contribution >= 4 is 5.97 Å². The highest BCUT2D eigenvalue weighted by Gasteiger charge is 2.39. The molecule has 0 aromatic carbocycles. The van der Waals surface area contributed by atoms with Crippen LogP contribution >= 0.6 is 0 Å². The SMILES string of the molecule is CCOC1(c2ncc(C(=O)O)c(=O)[nH]2)CCC(C)CC1. The molecule has 2 rings (SSSR count). The van der Waals surface area contributed by atoms with Gasteiger partial charge in [-0.25, -0.2) is 9.78 Å². The average molecular weight is 280 g/mol. The first kappa shape index (κ1) is 14.7. The van der Waals surface area contributed by atoms with Gasteiger partial charge in [-0.3, -0.25) is 4.79 Å². The minimum Gasteiger partial charge on any atom is -0.477 e. The maximum absolute atomic E-state index is 11.8. The molecule has 0 atom stereocenters. The first-order valence-corrected chi connectivity index (χ1v) is 6.95. The van der Waals surface area contributed by atoms with Gasteiger partial charge in [0.15, 0.2) is 0 Å². The van der Waals surface area contributed by atoms with E-state index in [0.29, 0.717) is 18.3 Å². The molecular weight excluding hydrogens is 260 g/mol. The van der Waals surface area contributed by atoms with Crippen LogP contribution in [0.25, 0.3) is 0 Å². The molecule has 0 aliphatic heterocycles. The van der Waals surface area contributed by atoms with Gasteiger partial charge in [0.2, 0.25) is 0 Å². The Bertz CT molecular complexity index is 544. The lowest BCUT2D eigenvalue weighted by Crippen LogP contribution is -2.38. The van der Waals surface area contributed by atoms with E-state index in [1.807, 2.05) is 6.92 Å². The number of hydrogen-bond donors (Lipinski definition) is 2. The van der Waals surface area contributed by atoms with Crippen LogP contribution in [0.3, 0.4) is 0 Å². The molecule has 0 amide bonds. The number of hydrogen-bond acceptors (Lipinski definition) is 4. The van der Waals surface area contributed by atoms with Crippen LogP contribution in [-0.4, -0.2) is 27.7 Å². The molecule has 1 aliphatic rings. The van der Waals surface area contributed by atoms with Crippen molar-refractivity contribution in [3.63, 3.8) is 0 Å². The zero-order valence-corrected chi connectivity index (χ0v) is 11.8. The Hall–Kier alpha value is -1.69. The summed E-state index contributed by atoms with van der Waals surface area (Å²) in [5, 5.41) is 8.88. The molecule has 110 valence electrons. The van der Waals surface area contributed by atoms with E-state index < -0.39 is 17.1 Å². The molecule has 1 aromatic rings. The van der Waals surface area contributed by atoms with E-state index >= 15 is 0 Å². The summed E-state index contributed by atoms with van der Waals surface area (Å²) in [7, 11) is 0. The molecule has 0 bridgehead atoms. The Morgan fingerprint density at radius 2 is 2.20 bits per heavy atom. The van der Waals surface area contributed by atoms with Crippen molar-refractivity contribution in [1.82, 2.24) is 9.97 Å². The van der Waals surface area contributed by atoms with E-state index in [-0.39, 0.29) is 5.56 Å². The average Bonchev–Trinajstić information content (AvgIpc) is 2.41. The maximum atomic E-state index is 11.8. The van der Waals surface area contributed by atoms with Crippen LogP contribution in [-0.2, 0) is 10.3 Å². The Morgan fingerprint density at radius 3 is 2.70 bits per heavy atom. The molecule has 0 unspecified atom stereocenters. The van der Waals surface area contributed by atoms with Crippen LogP contribution in [0.15, 0.2) is 11.0 Å². The fraction of sp³-hybridized carbons (Fsp3) is 0.643. The van der Waals surface area contributed by atoms with Crippen LogP contribution in [0.1, 0.15) is 55.7 Å². The number of aromatic nitrogens is 2. The van der Waals surface area contributed by atoms with Crippen LogP contribution in [0, 0.1) is 5.92 Å². The third-order valence-corrected chi connectivity index (χ3v) is 3.96. The van der Waals surface area contributed by atoms with E-state index in [4.69, 9.17) is 9.84 Å². The number of carbonyl (C=O) groups is 1. The van der Waals surface area contributed by atoms with E-state index in [9.17, 15) is 9.59 Å². The summed E-state index contributed by atoms with van der Waals surface area (Å²) in [5.41, 5.74) is -1.55. The van der Waals surface area contributed by atoms with Gasteiger partial charge < -0.3 is 14.8 Å². The van der Waals surface area contributed by atoms with Gasteiger partial charge >= 0.3 is 5.97 Å². The second-order valence-electron chi connectivity index (χ2n) is 5.39. The second-order valence-corrected chi connectivity index (χ2v) is 5.39. The van der Waals surface area contributed by atoms with Crippen LogP contribution in [0.4, 0.5) is 0 Å². The number of rotatable bonds is 4. The molecule has 6 heteroatoms. The van der Waals surface area contributed by atoms with Gasteiger partial charge in [0.05, 0.1) is 0 Å². The smallest absolute Gasteiger partial charge is 0.342 e. The van der Waals surface area contributed by atoms with Crippen molar-refractivity contribution in [2.45, 2.75) is 45.1 Å². The predicted octanol–water partition coefficient (Wildman–Crippen LogP) is 1.91. The monoisotopic (exact) mass is 280 g/mol. The predicted molar refractivity (Wildman–Crippen MR) is 72.8 cm³/mol. The molecular formula is C14H20N2O4. The number of carboxylic acid groups (broad SMARTS) is 1. The van der Waals surface area contributed by atoms with Crippen LogP contribution in [0.5, 0.6) is 0 Å². The zero-order chi connectivity index (χ0) is 14.8. The van der Waals surface area contributed by atoms with Gasteiger partial charge in [-0.15, -0.1) is 0 Å². The molecule has 0 saturated heterocycles. The number of nitrogens with one attached hydrogen (secondary N) is 1. The number of aromatic carboxylic acids is 1. The Kier molecular flexibility index (Phi) is 4.23. The molecule has 20 heavy (non-hydrogen) atoms. The summed E-state index contributed by atoms with van der Waals surface area (Å²) in [6.07, 6.45) is 4.71. The summed E-state index contributed by atoms with van der Waals surface area (Å²) in [4.78, 5) is 29.4. The van der Waals surface area contributed by atoms with Crippen molar-refractivity contribution in [2.75, 3.05) is 6.61 Å². The normalized spacial score (nSPS) is 26.4. The van der Waals surface area contributed by atoms with Crippen LogP contribution in [0.2, 0.25) is 0 Å². The third kappa shape index (κ3) is 2.75. The topological polar surface area (TPSA) is 92.3 Å². The quantitative estimate of drug-likeness (QED) is 0.879. The summed E-state index contributed by atoms with van der Waals surface area (Å²) in [6.45, 7) is 4.63. The van der Waals surface area contributed by atoms with Crippen molar-refractivity contribution in [2.24, 2.45) is 5.92 Å². The number of aromatic amines is 1. The van der Waals surface area contributed by atoms with Gasteiger partial charge in [0.1, 0.15) is 17.0 Å². The minimum absolute atomic E-state index is 0.343. The molecule has 2 N–H and O–H groups in total. The first-order valence-electron chi connectivity index (χ1n) is 6.95. The molecule has 0 radical (unpaired) electrons. The van der Waals surface area contributed by atoms with E-state index in [1.165, 1.54) is 0 Å². The summed E-state index contributed by atoms with van der Waals surface area (Å²) < 4.78 is 5.88. The highest BCUT2D eigenvalue weighted by molar-refractivity contribution is 5.86. The van der Waals surface area contributed by atoms with E-state index in [1.54, 1.807) is 0 Å². The summed E-state index contributed by atoms with van der Waals surface area (Å²) in [5.74, 6) is -0.192. The first-order chi connectivity index (χ1) is 9.48. The van der Waals surface area contributed by atoms with Gasteiger partial charge in [-0.05, 0) is 38.5 Å². The van der Waals surface area contributed by atoms with Crippen molar-refractivity contribution in [3.8, 4) is 0 Å². The molecule has 1 saturated carbocycles. The lowest BCUT2D eigenvalue weighted by atomic mass is 9.79. The highest BCUT2D eigenvalue weighted by atomic mass is 16.5. The second kappa shape index (κ2) is 5.75. The standard InChI is InChI=1S/C14H20N2O4/c1-3-20-14(6-4-9(2)5-7-14)13-15-8-10(12(18)19)11(17)16-13/h8-9H,3-7H2,1-2H3,(H,18,19)(H,15,16,17). The highest BCUT2D eigenvalue weighted by Crippen LogP contribution is 2.40. The van der Waals surface area contributed by atoms with Crippen LogP contribution < -0.4 is 5.56 Å². The number of nitrogens with zero attached hydrogens (tertiary/aromatic N) is 1. The lowest BCUT2D eigenvalue weighted by molar-refractivity contribution is -0.0839. The van der Waals surface area contributed by atoms with Gasteiger partial charge in [0, 0.05) is 12.8 Å². The Labute approximate surface area is 117 Å². The van der Waals surface area contributed by atoms with E-state index in [2.05, 4.69) is 16.9 Å². The van der Waals surface area contributed by atoms with Crippen molar-refractivity contribution in [1.29, 1.82) is 0 Å². The van der Waals surface area contributed by atoms with Gasteiger partial charge in [0.25, 0.3) is 5.56 Å². The molecule has 6 nitrogen and oxygen atoms in total. The zero-order valence-electron chi connectivity index (χ0n) is 11.8. The number of ether oxygens (including phenoxy) is 1. The number of carboxylic acids is 1. The number of H-pyrrole nitrogens is 1. The molecule has 1 heterocycles. The van der Waals surface area contributed by atoms with E-state index in [0.717, 1.165) is 31.9 Å². The minimum atomic E-state index is -1.27. The fourth-order valence-corrected chi connectivity index (χ4v) is 2.73. The van der Waals surface area contributed by atoms with Crippen molar-refractivity contribution in [3.05, 3.63) is 27.9 Å². The summed E-state index contributed by atoms with van der Waals surface area (Å²) in [6, 6.07) is 0. The fourth-order valence-electron chi connectivity index (χ4n) is 2.73. The molecule has 1 aromatic heterocycles. The van der Waals surface area contributed by atoms with Gasteiger partial charge in [-0.2, -0.15) is 0 Å². The third-order valence-electron chi connectivity index (χ3n) is 3.96. The Morgan fingerprint density at radius 1 is 1.55 bits per heavy atom. The van der Waals surface area contributed by atoms with Gasteiger partial charge in [-0.1, -0.05) is 6.92 Å². The lowest BCUT2D eigenvalue weighted by Gasteiger charge is -2.38. The van der Waals surface area contributed by atoms with Crippen molar-refractivity contribution < 1.29 is 14.6 Å². The maximum Gasteiger partial charge on any atom is 0.342 e. The molecule has 1 aliphatic carbocycles. The Balaban J connectivity index is 2.37. The summed E-state index contributed by atoms with van der Waals surface area (Å²) >= 11 is 0. The molecule has 0 spiro atoms. The largest absolute Gasteiger partial charge is 0.477 e.